The zero-order chi connectivity index (χ0) is 39.9. The summed E-state index contributed by atoms with van der Waals surface area (Å²) in [4.78, 5) is 0. The maximum absolute atomic E-state index is 15.4. The van der Waals surface area contributed by atoms with Crippen LogP contribution in [0, 0.1) is 0 Å². The molecule has 0 saturated heterocycles. The van der Waals surface area contributed by atoms with Gasteiger partial charge in [0.25, 0.3) is 0 Å². The van der Waals surface area contributed by atoms with E-state index in [1.807, 2.05) is 84.9 Å². The average Bonchev–Trinajstić information content (AvgIpc) is 3.66. The van der Waals surface area contributed by atoms with Gasteiger partial charge in [0, 0.05) is 0 Å². The second-order valence-corrected chi connectivity index (χ2v) is 16.0. The summed E-state index contributed by atoms with van der Waals surface area (Å²) in [6.45, 7) is 2.54. The maximum Gasteiger partial charge on any atom is 0.402 e. The molecule has 58 heavy (non-hydrogen) atoms. The highest BCUT2D eigenvalue weighted by molar-refractivity contribution is 6.36. The van der Waals surface area contributed by atoms with E-state index in [9.17, 15) is 0 Å². The van der Waals surface area contributed by atoms with Crippen LogP contribution in [0.1, 0.15) is 36.1 Å². The van der Waals surface area contributed by atoms with Crippen LogP contribution < -0.4 is 0 Å². The van der Waals surface area contributed by atoms with Crippen LogP contribution in [0.4, 0.5) is 26.3 Å². The average molecular weight is 771 g/mol. The zero-order valence-corrected chi connectivity index (χ0v) is 31.3. The monoisotopic (exact) mass is 770 g/mol. The van der Waals surface area contributed by atoms with Gasteiger partial charge in [-0.05, 0) is 136 Å². The molecule has 0 spiro atoms. The lowest BCUT2D eigenvalue weighted by Gasteiger charge is -2.31. The second-order valence-electron chi connectivity index (χ2n) is 16.0. The van der Waals surface area contributed by atoms with Gasteiger partial charge in [-0.3, -0.25) is 0 Å². The lowest BCUT2D eigenvalue weighted by atomic mass is 9.76. The summed E-state index contributed by atoms with van der Waals surface area (Å²) in [5.74, 6) is 0. The molecule has 0 aliphatic heterocycles. The molecule has 0 amide bonds. The summed E-state index contributed by atoms with van der Waals surface area (Å²) >= 11 is 0. The van der Waals surface area contributed by atoms with E-state index in [2.05, 4.69) is 12.1 Å². The predicted molar refractivity (Wildman–Crippen MR) is 223 cm³/mol. The van der Waals surface area contributed by atoms with Gasteiger partial charge in [-0.1, -0.05) is 146 Å². The predicted octanol–water partition coefficient (Wildman–Crippen LogP) is 15.3. The Balaban J connectivity index is 1.30. The summed E-state index contributed by atoms with van der Waals surface area (Å²) in [5.41, 5.74) is 1.36. The van der Waals surface area contributed by atoms with Crippen molar-refractivity contribution in [2.24, 2.45) is 0 Å². The van der Waals surface area contributed by atoms with Gasteiger partial charge >= 0.3 is 12.4 Å². The third kappa shape index (κ3) is 4.32. The molecule has 11 rings (SSSR count). The first-order valence-corrected chi connectivity index (χ1v) is 19.2. The van der Waals surface area contributed by atoms with Crippen molar-refractivity contribution in [3.63, 3.8) is 0 Å². The van der Waals surface area contributed by atoms with Gasteiger partial charge in [0.05, 0.1) is 0 Å². The first kappa shape index (κ1) is 34.8. The van der Waals surface area contributed by atoms with E-state index < -0.39 is 23.2 Å². The van der Waals surface area contributed by atoms with Crippen molar-refractivity contribution in [2.75, 3.05) is 0 Å². The molecule has 0 radical (unpaired) electrons. The van der Waals surface area contributed by atoms with E-state index in [0.717, 1.165) is 54.2 Å². The van der Waals surface area contributed by atoms with Crippen molar-refractivity contribution in [2.45, 2.75) is 37.0 Å². The minimum atomic E-state index is -4.58. The molecule has 0 nitrogen and oxygen atoms in total. The van der Waals surface area contributed by atoms with Crippen molar-refractivity contribution in [1.82, 2.24) is 0 Å². The third-order valence-electron chi connectivity index (χ3n) is 13.2. The van der Waals surface area contributed by atoms with E-state index in [1.54, 1.807) is 60.7 Å². The summed E-state index contributed by atoms with van der Waals surface area (Å²) < 4.78 is 92.4. The first-order chi connectivity index (χ1) is 27.8. The Kier molecular flexibility index (Phi) is 6.96. The minimum absolute atomic E-state index is 0.190. The van der Waals surface area contributed by atoms with Crippen LogP contribution in [0.2, 0.25) is 0 Å². The highest BCUT2D eigenvalue weighted by atomic mass is 19.4. The Labute approximate surface area is 330 Å². The zero-order valence-electron chi connectivity index (χ0n) is 31.3. The summed E-state index contributed by atoms with van der Waals surface area (Å²) in [5, 5.41) is 6.97. The Morgan fingerprint density at radius 2 is 0.638 bits per heavy atom. The molecule has 282 valence electrons. The van der Waals surface area contributed by atoms with Crippen LogP contribution in [-0.4, -0.2) is 12.4 Å². The summed E-state index contributed by atoms with van der Waals surface area (Å²) in [6.07, 6.45) is -9.16. The largest absolute Gasteiger partial charge is 0.402 e. The van der Waals surface area contributed by atoms with E-state index in [-0.39, 0.29) is 22.3 Å². The SMILES string of the molecule is CC1(C(F)(F)F)c2ccccc2-c2ccc(-c3c4ccccc4c(-c4ccc5c(c4)C(C)(C(F)(F)F)c4ccccc4-5)c4c5ccccc5c5ccccc5c34)cc21. The molecule has 2 atom stereocenters. The molecule has 0 heterocycles. The Hall–Kier alpha value is -6.40. The molecule has 0 N–H and O–H groups in total. The Morgan fingerprint density at radius 3 is 1.02 bits per heavy atom. The lowest BCUT2D eigenvalue weighted by Crippen LogP contribution is -2.38. The van der Waals surface area contributed by atoms with Gasteiger partial charge in [0.2, 0.25) is 0 Å². The summed E-state index contributed by atoms with van der Waals surface area (Å²) in [6, 6.07) is 48.2. The molecule has 6 heteroatoms. The fourth-order valence-electron chi connectivity index (χ4n) is 10.4. The van der Waals surface area contributed by atoms with Gasteiger partial charge in [-0.15, -0.1) is 0 Å². The van der Waals surface area contributed by atoms with E-state index >= 15 is 26.3 Å². The third-order valence-corrected chi connectivity index (χ3v) is 13.2. The van der Waals surface area contributed by atoms with Crippen molar-refractivity contribution < 1.29 is 26.3 Å². The van der Waals surface area contributed by atoms with Crippen LogP contribution >= 0.6 is 0 Å². The van der Waals surface area contributed by atoms with Gasteiger partial charge < -0.3 is 0 Å². The number of hydrogen-bond donors (Lipinski definition) is 0. The molecular formula is C52H32F6. The van der Waals surface area contributed by atoms with Gasteiger partial charge in [0.1, 0.15) is 10.8 Å². The lowest BCUT2D eigenvalue weighted by molar-refractivity contribution is -0.172. The van der Waals surface area contributed by atoms with E-state index in [4.69, 9.17) is 0 Å². The van der Waals surface area contributed by atoms with Crippen molar-refractivity contribution >= 4 is 43.1 Å². The molecule has 0 fully saturated rings. The van der Waals surface area contributed by atoms with Gasteiger partial charge in [-0.2, -0.15) is 26.3 Å². The van der Waals surface area contributed by atoms with E-state index in [1.165, 1.54) is 13.8 Å². The number of benzene rings is 9. The van der Waals surface area contributed by atoms with Crippen LogP contribution in [-0.2, 0) is 10.8 Å². The number of fused-ring (bicyclic) bond motifs is 13. The van der Waals surface area contributed by atoms with Gasteiger partial charge in [-0.25, -0.2) is 0 Å². The van der Waals surface area contributed by atoms with Crippen molar-refractivity contribution in [3.8, 4) is 44.5 Å². The highest BCUT2D eigenvalue weighted by Crippen LogP contribution is 2.60. The number of rotatable bonds is 2. The molecular weight excluding hydrogens is 739 g/mol. The molecule has 9 aromatic carbocycles. The molecule has 0 bridgehead atoms. The fourth-order valence-corrected chi connectivity index (χ4v) is 10.4. The minimum Gasteiger partial charge on any atom is -0.170 e. The second kappa shape index (κ2) is 11.6. The molecule has 2 aliphatic carbocycles. The normalized spacial score (nSPS) is 18.5. The first-order valence-electron chi connectivity index (χ1n) is 19.2. The summed E-state index contributed by atoms with van der Waals surface area (Å²) in [7, 11) is 0. The van der Waals surface area contributed by atoms with Crippen LogP contribution in [0.3, 0.4) is 0 Å². The standard InChI is InChI=1S/C52H32F6/c1-49(51(53,54)55)41-21-11-9-15-33(41)35-25-23-29(27-43(35)49)45-39-19-7-8-20-40(39)46(48-38-18-6-4-14-32(38)31-13-3-5-17-37(31)47(45)48)30-24-26-36-34-16-10-12-22-42(34)50(2,44(36)28-30)52(56,57)58/h3-28H,1-2H3. The maximum atomic E-state index is 15.4. The van der Waals surface area contributed by atoms with Crippen molar-refractivity contribution in [1.29, 1.82) is 0 Å². The topological polar surface area (TPSA) is 0 Å². The molecule has 9 aromatic rings. The highest BCUT2D eigenvalue weighted by Gasteiger charge is 2.59. The smallest absolute Gasteiger partial charge is 0.170 e. The fraction of sp³-hybridized carbons (Fsp3) is 0.115. The molecule has 0 saturated carbocycles. The van der Waals surface area contributed by atoms with Crippen LogP contribution in [0.5, 0.6) is 0 Å². The number of hydrogen-bond acceptors (Lipinski definition) is 0. The molecule has 2 aliphatic rings. The Bertz CT molecular complexity index is 3030. The quantitative estimate of drug-likeness (QED) is 0.0933. The van der Waals surface area contributed by atoms with Crippen molar-refractivity contribution in [3.05, 3.63) is 180 Å². The number of alkyl halides is 6. The van der Waals surface area contributed by atoms with E-state index in [0.29, 0.717) is 33.4 Å². The van der Waals surface area contributed by atoms with Crippen LogP contribution in [0.25, 0.3) is 87.6 Å². The van der Waals surface area contributed by atoms with Crippen LogP contribution in [0.15, 0.2) is 158 Å². The number of halogens is 6. The van der Waals surface area contributed by atoms with Gasteiger partial charge in [0.15, 0.2) is 0 Å². The Morgan fingerprint density at radius 1 is 0.328 bits per heavy atom. The molecule has 0 aromatic heterocycles. The molecule has 2 unspecified atom stereocenters.